The molecule has 8 heteroatoms. The van der Waals surface area contributed by atoms with Crippen LogP contribution in [0.25, 0.3) is 0 Å². The molecule has 1 fully saturated rings. The Morgan fingerprint density at radius 3 is 2.61 bits per heavy atom. The molecule has 7 nitrogen and oxygen atoms in total. The summed E-state index contributed by atoms with van der Waals surface area (Å²) in [7, 11) is 0. The summed E-state index contributed by atoms with van der Waals surface area (Å²) < 4.78 is 9.91. The van der Waals surface area contributed by atoms with Gasteiger partial charge in [-0.25, -0.2) is 9.97 Å². The van der Waals surface area contributed by atoms with E-state index < -0.39 is 19.8 Å². The van der Waals surface area contributed by atoms with Gasteiger partial charge in [0.2, 0.25) is 0 Å². The maximum atomic E-state index is 12.7. The van der Waals surface area contributed by atoms with E-state index in [9.17, 15) is 4.79 Å². The second kappa shape index (κ2) is 8.59. The molecule has 1 saturated heterocycles. The fourth-order valence-corrected chi connectivity index (χ4v) is 6.66. The molecule has 1 amide bonds. The minimum atomic E-state index is -0.915. The fraction of sp³-hybridized carbons (Fsp3) is 0.250. The van der Waals surface area contributed by atoms with Crippen LogP contribution >= 0.6 is 19.8 Å². The Bertz CT molecular complexity index is 962. The van der Waals surface area contributed by atoms with Gasteiger partial charge in [0.25, 0.3) is 0 Å². The van der Waals surface area contributed by atoms with E-state index in [1.807, 2.05) is 19.2 Å². The molecule has 0 aromatic carbocycles. The number of pyridine rings is 2. The van der Waals surface area contributed by atoms with Gasteiger partial charge in [-0.1, -0.05) is 0 Å². The Morgan fingerprint density at radius 2 is 1.96 bits per heavy atom. The number of hydrogen-bond donors (Lipinski definition) is 1. The van der Waals surface area contributed by atoms with Gasteiger partial charge >= 0.3 is 154 Å². The molecule has 3 aromatic rings. The summed E-state index contributed by atoms with van der Waals surface area (Å²) in [6, 6.07) is 7.40. The molecule has 1 aliphatic heterocycles. The van der Waals surface area contributed by atoms with E-state index in [1.54, 1.807) is 24.5 Å². The van der Waals surface area contributed by atoms with Crippen LogP contribution in [0.1, 0.15) is 29.5 Å². The molecule has 144 valence electrons. The van der Waals surface area contributed by atoms with Crippen LogP contribution in [-0.4, -0.2) is 34.7 Å². The summed E-state index contributed by atoms with van der Waals surface area (Å²) in [6.45, 7) is 1.98. The summed E-state index contributed by atoms with van der Waals surface area (Å²) in [4.78, 5) is 29.4. The van der Waals surface area contributed by atoms with E-state index in [4.69, 9.17) is 4.74 Å². The molecular weight excluding hydrogens is 469 g/mol. The van der Waals surface area contributed by atoms with E-state index in [1.165, 1.54) is 25.2 Å². The first-order chi connectivity index (χ1) is 13.7. The van der Waals surface area contributed by atoms with Crippen LogP contribution in [0.3, 0.4) is 0 Å². The average Bonchev–Trinajstić information content (AvgIpc) is 2.68. The van der Waals surface area contributed by atoms with Gasteiger partial charge in [-0.15, -0.1) is 0 Å². The molecule has 0 saturated carbocycles. The molecule has 1 aliphatic rings. The molecule has 28 heavy (non-hydrogen) atoms. The Kier molecular flexibility index (Phi) is 5.75. The molecule has 4 heterocycles. The van der Waals surface area contributed by atoms with Gasteiger partial charge < -0.3 is 0 Å². The van der Waals surface area contributed by atoms with Crippen molar-refractivity contribution in [2.75, 3.05) is 14.2 Å². The van der Waals surface area contributed by atoms with Gasteiger partial charge in [0, 0.05) is 0 Å². The second-order valence-corrected chi connectivity index (χ2v) is 12.2. The number of nitrogens with one attached hydrogen (secondary N) is 1. The average molecular weight is 489 g/mol. The normalized spacial score (nSPS) is 14.2. The summed E-state index contributed by atoms with van der Waals surface area (Å²) >= 11 is -0.915. The van der Waals surface area contributed by atoms with Gasteiger partial charge in [-0.05, 0) is 0 Å². The number of hydrogen-bond acceptors (Lipinski definition) is 6. The summed E-state index contributed by atoms with van der Waals surface area (Å²) in [5.74, 6) is 1.24. The van der Waals surface area contributed by atoms with Gasteiger partial charge in [0.05, 0.1) is 0 Å². The van der Waals surface area contributed by atoms with Gasteiger partial charge in [-0.3, -0.25) is 0 Å². The SMILES string of the molecule is CCc1cc(Oc2cncnc2)cc(C(=O)Nc2ccc(I3CCC3)cn2)n1. The van der Waals surface area contributed by atoms with Crippen molar-refractivity contribution in [3.8, 4) is 11.5 Å². The molecule has 0 unspecified atom stereocenters. The van der Waals surface area contributed by atoms with Gasteiger partial charge in [-0.2, -0.15) is 0 Å². The Balaban J connectivity index is 1.50. The Labute approximate surface area is 170 Å². The van der Waals surface area contributed by atoms with Crippen molar-refractivity contribution < 1.29 is 9.53 Å². The number of nitrogens with zero attached hydrogens (tertiary/aromatic N) is 4. The van der Waals surface area contributed by atoms with Crippen molar-refractivity contribution >= 4 is 31.5 Å². The van der Waals surface area contributed by atoms with Crippen LogP contribution in [0.2, 0.25) is 0 Å². The van der Waals surface area contributed by atoms with E-state index in [0.717, 1.165) is 5.69 Å². The van der Waals surface area contributed by atoms with Crippen LogP contribution in [0.15, 0.2) is 49.2 Å². The number of carbonyl (C=O) groups is 1. The molecule has 1 N–H and O–H groups in total. The number of alkyl halides is 2. The summed E-state index contributed by atoms with van der Waals surface area (Å²) in [5, 5.41) is 2.83. The van der Waals surface area contributed by atoms with Crippen LogP contribution in [0.4, 0.5) is 5.82 Å². The van der Waals surface area contributed by atoms with Crippen molar-refractivity contribution in [1.82, 2.24) is 19.9 Å². The van der Waals surface area contributed by atoms with Crippen LogP contribution in [0, 0.1) is 3.57 Å². The van der Waals surface area contributed by atoms with Crippen LogP contribution < -0.4 is 10.1 Å². The first kappa shape index (κ1) is 18.7. The quantitative estimate of drug-likeness (QED) is 0.417. The second-order valence-electron chi connectivity index (χ2n) is 6.21. The van der Waals surface area contributed by atoms with E-state index in [0.29, 0.717) is 23.7 Å². The predicted octanol–water partition coefficient (Wildman–Crippen LogP) is 3.95. The predicted molar refractivity (Wildman–Crippen MR) is 115 cm³/mol. The summed E-state index contributed by atoms with van der Waals surface area (Å²) in [6.07, 6.45) is 8.51. The zero-order valence-corrected chi connectivity index (χ0v) is 17.6. The number of rotatable bonds is 6. The Hall–Kier alpha value is -2.62. The van der Waals surface area contributed by atoms with Crippen molar-refractivity contribution in [3.05, 3.63) is 64.1 Å². The first-order valence-corrected chi connectivity index (χ1v) is 13.2. The number of amides is 1. The first-order valence-electron chi connectivity index (χ1n) is 9.04. The number of carbonyl (C=O) groups excluding carboxylic acids is 1. The van der Waals surface area contributed by atoms with E-state index in [2.05, 4.69) is 31.3 Å². The van der Waals surface area contributed by atoms with Crippen molar-refractivity contribution in [1.29, 1.82) is 0 Å². The zero-order valence-electron chi connectivity index (χ0n) is 15.4. The van der Waals surface area contributed by atoms with Crippen LogP contribution in [-0.2, 0) is 6.42 Å². The van der Waals surface area contributed by atoms with Gasteiger partial charge in [0.15, 0.2) is 0 Å². The number of aromatic nitrogens is 4. The van der Waals surface area contributed by atoms with Crippen molar-refractivity contribution in [3.63, 3.8) is 0 Å². The third-order valence-corrected chi connectivity index (χ3v) is 10.8. The number of anilines is 1. The molecule has 4 rings (SSSR count). The topological polar surface area (TPSA) is 89.9 Å². The molecular formula is C20H20IN5O2. The number of halogens is 1. The monoisotopic (exact) mass is 489 g/mol. The number of ether oxygens (including phenoxy) is 1. The molecule has 0 spiro atoms. The molecule has 0 radical (unpaired) electrons. The number of aryl methyl sites for hydroxylation is 1. The molecule has 0 aliphatic carbocycles. The Morgan fingerprint density at radius 1 is 1.14 bits per heavy atom. The van der Waals surface area contributed by atoms with Gasteiger partial charge in [0.1, 0.15) is 6.33 Å². The van der Waals surface area contributed by atoms with Crippen molar-refractivity contribution in [2.24, 2.45) is 0 Å². The molecule has 0 atom stereocenters. The maximum absolute atomic E-state index is 12.7. The molecule has 3 aromatic heterocycles. The van der Waals surface area contributed by atoms with Crippen LogP contribution in [0.5, 0.6) is 11.5 Å². The minimum absolute atomic E-state index is 0.284. The van der Waals surface area contributed by atoms with E-state index >= 15 is 0 Å². The van der Waals surface area contributed by atoms with Crippen molar-refractivity contribution in [2.45, 2.75) is 19.8 Å². The third-order valence-electron chi connectivity index (χ3n) is 4.22. The van der Waals surface area contributed by atoms with E-state index in [-0.39, 0.29) is 11.6 Å². The molecule has 0 bridgehead atoms. The third kappa shape index (κ3) is 4.44. The summed E-state index contributed by atoms with van der Waals surface area (Å²) in [5.41, 5.74) is 1.05. The standard InChI is InChI=1S/C20H20IN5O2/c1-2-15-8-16(28-17-11-22-13-23-12-17)9-18(25-15)20(27)26-19-5-4-14(10-24-19)21-6-3-7-21/h4-5,8-13H,2-3,6-7H2,1H3,(H,24,26,27). The zero-order chi connectivity index (χ0) is 19.3. The fourth-order valence-electron chi connectivity index (χ4n) is 2.66.